The van der Waals surface area contributed by atoms with Crippen molar-refractivity contribution in [1.29, 1.82) is 0 Å². The molecule has 0 spiro atoms. The number of rotatable bonds is 10. The van der Waals surface area contributed by atoms with Gasteiger partial charge < -0.3 is 14.8 Å². The number of amides is 3. The molecule has 3 aromatic carbocycles. The van der Waals surface area contributed by atoms with Crippen molar-refractivity contribution in [2.45, 2.75) is 33.6 Å². The Hall–Kier alpha value is -4.04. The van der Waals surface area contributed by atoms with Crippen LogP contribution in [0.3, 0.4) is 0 Å². The van der Waals surface area contributed by atoms with Crippen molar-refractivity contribution in [1.82, 2.24) is 4.90 Å². The van der Waals surface area contributed by atoms with Gasteiger partial charge in [-0.3, -0.25) is 19.3 Å². The first kappa shape index (κ1) is 28.0. The number of hydrogen-bond donors (Lipinski definition) is 1. The molecule has 8 heteroatoms. The number of carbonyl (C=O) groups excluding carboxylic acids is 3. The lowest BCUT2D eigenvalue weighted by Crippen LogP contribution is -2.32. The molecular formula is C31H32N2O5S. The van der Waals surface area contributed by atoms with E-state index in [2.05, 4.69) is 19.2 Å². The predicted molar refractivity (Wildman–Crippen MR) is 155 cm³/mol. The van der Waals surface area contributed by atoms with E-state index in [4.69, 9.17) is 9.47 Å². The predicted octanol–water partition coefficient (Wildman–Crippen LogP) is 6.56. The summed E-state index contributed by atoms with van der Waals surface area (Å²) in [5, 5.41) is 2.46. The van der Waals surface area contributed by atoms with Crippen molar-refractivity contribution in [3.05, 3.63) is 93.9 Å². The van der Waals surface area contributed by atoms with Gasteiger partial charge in [0.1, 0.15) is 18.1 Å². The van der Waals surface area contributed by atoms with Crippen molar-refractivity contribution >= 4 is 40.6 Å². The molecule has 0 bridgehead atoms. The van der Waals surface area contributed by atoms with Crippen LogP contribution < -0.4 is 14.8 Å². The van der Waals surface area contributed by atoms with Gasteiger partial charge in [-0.25, -0.2) is 0 Å². The smallest absolute Gasteiger partial charge is 0.293 e. The van der Waals surface area contributed by atoms with Crippen molar-refractivity contribution in [2.24, 2.45) is 0 Å². The molecule has 3 amide bonds. The van der Waals surface area contributed by atoms with Gasteiger partial charge in [0.25, 0.3) is 17.1 Å². The molecule has 3 aromatic rings. The monoisotopic (exact) mass is 544 g/mol. The van der Waals surface area contributed by atoms with Crippen LogP contribution in [0.15, 0.2) is 71.6 Å². The average molecular weight is 545 g/mol. The Balaban J connectivity index is 1.38. The van der Waals surface area contributed by atoms with Gasteiger partial charge in [0, 0.05) is 11.3 Å². The highest BCUT2D eigenvalue weighted by atomic mass is 32.2. The van der Waals surface area contributed by atoms with E-state index >= 15 is 0 Å². The summed E-state index contributed by atoms with van der Waals surface area (Å²) in [5.74, 6) is 0.813. The van der Waals surface area contributed by atoms with Crippen LogP contribution in [0.5, 0.6) is 11.5 Å². The lowest BCUT2D eigenvalue weighted by Gasteiger charge is -2.17. The highest BCUT2D eigenvalue weighted by Crippen LogP contribution is 2.34. The number of imide groups is 1. The third-order valence-corrected chi connectivity index (χ3v) is 7.01. The number of para-hydroxylation sites is 1. The fourth-order valence-electron chi connectivity index (χ4n) is 4.12. The van der Waals surface area contributed by atoms with E-state index < -0.39 is 0 Å². The third-order valence-electron chi connectivity index (χ3n) is 6.10. The first-order valence-corrected chi connectivity index (χ1v) is 13.6. The zero-order valence-electron chi connectivity index (χ0n) is 22.5. The van der Waals surface area contributed by atoms with E-state index in [1.54, 1.807) is 30.3 Å². The van der Waals surface area contributed by atoms with E-state index in [1.807, 2.05) is 56.3 Å². The molecule has 39 heavy (non-hydrogen) atoms. The lowest BCUT2D eigenvalue weighted by molar-refractivity contribution is -0.123. The van der Waals surface area contributed by atoms with Crippen LogP contribution >= 0.6 is 11.8 Å². The molecule has 4 rings (SSSR count). The normalized spacial score (nSPS) is 14.3. The van der Waals surface area contributed by atoms with Crippen molar-refractivity contribution < 1.29 is 23.9 Å². The summed E-state index contributed by atoms with van der Waals surface area (Å²) in [6.45, 7) is 8.28. The van der Waals surface area contributed by atoms with Gasteiger partial charge in [-0.2, -0.15) is 0 Å². The molecule has 1 N–H and O–H groups in total. The standard InChI is InChI=1S/C31H32N2O5S/c1-20(2)25-13-12-22(4)17-27(25)37-15-14-33-30(35)28(39-31(33)36)18-23-9-5-6-11-26(23)38-19-29(34)32-24-10-7-8-21(3)16-24/h5-13,16-18,20H,14-15,19H2,1-4H3,(H,32,34)/b28-18-. The summed E-state index contributed by atoms with van der Waals surface area (Å²) in [7, 11) is 0. The topological polar surface area (TPSA) is 84.9 Å². The van der Waals surface area contributed by atoms with Crippen LogP contribution in [-0.4, -0.2) is 41.7 Å². The molecule has 7 nitrogen and oxygen atoms in total. The Bertz CT molecular complexity index is 1420. The maximum Gasteiger partial charge on any atom is 0.293 e. The number of aryl methyl sites for hydroxylation is 2. The minimum atomic E-state index is -0.381. The first-order valence-electron chi connectivity index (χ1n) is 12.8. The molecule has 1 fully saturated rings. The Morgan fingerprint density at radius 2 is 1.72 bits per heavy atom. The molecule has 202 valence electrons. The van der Waals surface area contributed by atoms with Crippen LogP contribution in [0, 0.1) is 13.8 Å². The van der Waals surface area contributed by atoms with Gasteiger partial charge in [-0.05, 0) is 78.6 Å². The maximum absolute atomic E-state index is 13.1. The van der Waals surface area contributed by atoms with Gasteiger partial charge in [0.2, 0.25) is 0 Å². The summed E-state index contributed by atoms with van der Waals surface area (Å²) < 4.78 is 11.7. The number of carbonyl (C=O) groups is 3. The van der Waals surface area contributed by atoms with Crippen molar-refractivity contribution in [2.75, 3.05) is 25.1 Å². The summed E-state index contributed by atoms with van der Waals surface area (Å²) in [4.78, 5) is 39.6. The minimum absolute atomic E-state index is 0.144. The molecule has 0 radical (unpaired) electrons. The number of ether oxygens (including phenoxy) is 2. The highest BCUT2D eigenvalue weighted by molar-refractivity contribution is 8.18. The van der Waals surface area contributed by atoms with Crippen LogP contribution in [0.25, 0.3) is 6.08 Å². The Morgan fingerprint density at radius 3 is 2.49 bits per heavy atom. The van der Waals surface area contributed by atoms with Crippen molar-refractivity contribution in [3.63, 3.8) is 0 Å². The van der Waals surface area contributed by atoms with E-state index in [0.29, 0.717) is 21.9 Å². The highest BCUT2D eigenvalue weighted by Gasteiger charge is 2.35. The zero-order chi connectivity index (χ0) is 27.9. The van der Waals surface area contributed by atoms with E-state index in [-0.39, 0.29) is 42.7 Å². The van der Waals surface area contributed by atoms with Gasteiger partial charge in [0.15, 0.2) is 6.61 Å². The van der Waals surface area contributed by atoms with Crippen LogP contribution in [0.4, 0.5) is 10.5 Å². The second kappa shape index (κ2) is 12.7. The van der Waals surface area contributed by atoms with E-state index in [0.717, 1.165) is 34.2 Å². The van der Waals surface area contributed by atoms with Gasteiger partial charge >= 0.3 is 0 Å². The Kier molecular flexibility index (Phi) is 9.09. The quantitative estimate of drug-likeness (QED) is 0.291. The molecule has 0 aliphatic carbocycles. The molecule has 0 atom stereocenters. The number of nitrogens with zero attached hydrogens (tertiary/aromatic N) is 1. The summed E-state index contributed by atoms with van der Waals surface area (Å²) in [5.41, 5.74) is 4.49. The van der Waals surface area contributed by atoms with Crippen LogP contribution in [-0.2, 0) is 9.59 Å². The Labute approximate surface area is 233 Å². The SMILES string of the molecule is Cc1cccc(NC(=O)COc2ccccc2/C=C2\SC(=O)N(CCOc3cc(C)ccc3C(C)C)C2=O)c1. The molecule has 1 heterocycles. The molecular weight excluding hydrogens is 512 g/mol. The van der Waals surface area contributed by atoms with Gasteiger partial charge in [-0.15, -0.1) is 0 Å². The maximum atomic E-state index is 13.1. The van der Waals surface area contributed by atoms with Crippen LogP contribution in [0.1, 0.15) is 42.0 Å². The fourth-order valence-corrected chi connectivity index (χ4v) is 4.97. The molecule has 1 saturated heterocycles. The molecule has 1 aliphatic rings. The van der Waals surface area contributed by atoms with Crippen LogP contribution in [0.2, 0.25) is 0 Å². The lowest BCUT2D eigenvalue weighted by atomic mass is 10.0. The Morgan fingerprint density at radius 1 is 0.949 bits per heavy atom. The zero-order valence-corrected chi connectivity index (χ0v) is 23.3. The summed E-state index contributed by atoms with van der Waals surface area (Å²) >= 11 is 0.878. The number of hydrogen-bond acceptors (Lipinski definition) is 6. The van der Waals surface area contributed by atoms with Gasteiger partial charge in [0.05, 0.1) is 11.4 Å². The second-order valence-electron chi connectivity index (χ2n) is 9.62. The fraction of sp³-hybridized carbons (Fsp3) is 0.258. The molecule has 0 saturated carbocycles. The summed E-state index contributed by atoms with van der Waals surface area (Å²) in [6.07, 6.45) is 1.62. The van der Waals surface area contributed by atoms with E-state index in [1.165, 1.54) is 4.90 Å². The largest absolute Gasteiger partial charge is 0.491 e. The number of thioether (sulfide) groups is 1. The summed E-state index contributed by atoms with van der Waals surface area (Å²) in [6, 6.07) is 20.6. The molecule has 1 aliphatic heterocycles. The first-order chi connectivity index (χ1) is 18.7. The molecule has 0 aromatic heterocycles. The van der Waals surface area contributed by atoms with Gasteiger partial charge in [-0.1, -0.05) is 56.3 Å². The number of nitrogens with one attached hydrogen (secondary N) is 1. The minimum Gasteiger partial charge on any atom is -0.491 e. The molecule has 0 unspecified atom stereocenters. The van der Waals surface area contributed by atoms with E-state index in [9.17, 15) is 14.4 Å². The van der Waals surface area contributed by atoms with Crippen molar-refractivity contribution in [3.8, 4) is 11.5 Å². The third kappa shape index (κ3) is 7.29. The average Bonchev–Trinajstić information content (AvgIpc) is 3.15. The number of benzene rings is 3. The number of anilines is 1. The second-order valence-corrected chi connectivity index (χ2v) is 10.6.